The number of nitrogens with one attached hydrogen (secondary N) is 2. The largest absolute Gasteiger partial charge is 0.493 e. The fourth-order valence-corrected chi connectivity index (χ4v) is 4.88. The van der Waals surface area contributed by atoms with Crippen LogP contribution in [0.3, 0.4) is 0 Å². The summed E-state index contributed by atoms with van der Waals surface area (Å²) in [6.07, 6.45) is 6.95. The molecule has 1 heterocycles. The Hall–Kier alpha value is -3.21. The van der Waals surface area contributed by atoms with Crippen molar-refractivity contribution in [1.82, 2.24) is 10.5 Å². The summed E-state index contributed by atoms with van der Waals surface area (Å²) in [5.41, 5.74) is 0.547. The Bertz CT molecular complexity index is 1140. The predicted molar refractivity (Wildman–Crippen MR) is 157 cm³/mol. The third kappa shape index (κ3) is 12.0. The van der Waals surface area contributed by atoms with Gasteiger partial charge in [0.1, 0.15) is 12.4 Å². The Morgan fingerprint density at radius 1 is 1.15 bits per heavy atom. The summed E-state index contributed by atoms with van der Waals surface area (Å²) >= 11 is 1.46. The fraction of sp³-hybridized carbons (Fsp3) is 0.600. The van der Waals surface area contributed by atoms with Crippen LogP contribution >= 0.6 is 11.8 Å². The normalized spacial score (nSPS) is 14.1. The summed E-state index contributed by atoms with van der Waals surface area (Å²) in [6, 6.07) is 6.70. The summed E-state index contributed by atoms with van der Waals surface area (Å²) in [5, 5.41) is 9.38. The first-order valence-corrected chi connectivity index (χ1v) is 15.5. The topological polar surface area (TPSA) is 129 Å². The van der Waals surface area contributed by atoms with E-state index in [9.17, 15) is 14.4 Å². The first-order valence-electron chi connectivity index (χ1n) is 14.5. The van der Waals surface area contributed by atoms with Gasteiger partial charge < -0.3 is 29.4 Å². The molecule has 0 radical (unpaired) electrons. The Balaban J connectivity index is 1.57. The summed E-state index contributed by atoms with van der Waals surface area (Å²) in [7, 11) is 0. The number of nitrogens with zero attached hydrogens (tertiary/aromatic N) is 1. The monoisotopic (exact) mass is 589 g/mol. The number of hydrogen-bond acceptors (Lipinski definition) is 9. The molecule has 1 unspecified atom stereocenters. The number of benzene rings is 1. The first kappa shape index (κ1) is 32.3. The van der Waals surface area contributed by atoms with Crippen LogP contribution in [0.5, 0.6) is 11.6 Å². The molecule has 1 aliphatic carbocycles. The molecule has 10 nitrogen and oxygen atoms in total. The standard InChI is InChI=1S/C30H43N3O7S/c1-5-7-8-22(6-2)18-39-29(35)13-14-41-27-12-11-24(37-19-23-9-10-23)15-25(27)32-30(36)26-16-28(33-40-26)38-17-20(3)31-21(4)34/h11-12,15-16,20,22-23H,5-10,13-14,17-19H2,1-4H3,(H,31,34)(H,32,36)/t20-,22?/m0/s1. The zero-order chi connectivity index (χ0) is 29.6. The van der Waals surface area contributed by atoms with Gasteiger partial charge in [0.05, 0.1) is 37.4 Å². The summed E-state index contributed by atoms with van der Waals surface area (Å²) in [6.45, 7) is 8.78. The van der Waals surface area contributed by atoms with Gasteiger partial charge in [-0.05, 0) is 55.3 Å². The number of esters is 1. The highest BCUT2D eigenvalue weighted by atomic mass is 32.2. The zero-order valence-electron chi connectivity index (χ0n) is 24.5. The van der Waals surface area contributed by atoms with Crippen LogP contribution in [0, 0.1) is 11.8 Å². The maximum absolute atomic E-state index is 13.0. The zero-order valence-corrected chi connectivity index (χ0v) is 25.3. The van der Waals surface area contributed by atoms with Crippen molar-refractivity contribution in [3.05, 3.63) is 30.0 Å². The lowest BCUT2D eigenvalue weighted by Gasteiger charge is -2.15. The number of anilines is 1. The molecule has 2 N–H and O–H groups in total. The second-order valence-electron chi connectivity index (χ2n) is 10.5. The number of aromatic nitrogens is 1. The van der Waals surface area contributed by atoms with Crippen LogP contribution in [-0.2, 0) is 14.3 Å². The van der Waals surface area contributed by atoms with Gasteiger partial charge in [-0.15, -0.1) is 11.8 Å². The van der Waals surface area contributed by atoms with Crippen LogP contribution in [0.2, 0.25) is 0 Å². The van der Waals surface area contributed by atoms with Gasteiger partial charge in [0, 0.05) is 23.6 Å². The Morgan fingerprint density at radius 2 is 1.95 bits per heavy atom. The average molecular weight is 590 g/mol. The van der Waals surface area contributed by atoms with E-state index < -0.39 is 5.91 Å². The lowest BCUT2D eigenvalue weighted by atomic mass is 10.0. The van der Waals surface area contributed by atoms with E-state index in [0.717, 1.165) is 30.6 Å². The highest BCUT2D eigenvalue weighted by molar-refractivity contribution is 7.99. The van der Waals surface area contributed by atoms with Gasteiger partial charge in [0.25, 0.3) is 11.8 Å². The van der Waals surface area contributed by atoms with Crippen molar-refractivity contribution in [2.24, 2.45) is 11.8 Å². The molecule has 2 amide bonds. The lowest BCUT2D eigenvalue weighted by Crippen LogP contribution is -2.35. The van der Waals surface area contributed by atoms with Crippen LogP contribution < -0.4 is 20.1 Å². The van der Waals surface area contributed by atoms with Gasteiger partial charge in [0.2, 0.25) is 11.7 Å². The summed E-state index contributed by atoms with van der Waals surface area (Å²) in [5.74, 6) is 1.38. The molecule has 0 spiro atoms. The molecule has 2 atom stereocenters. The second-order valence-corrected chi connectivity index (χ2v) is 11.6. The SMILES string of the molecule is CCCCC(CC)COC(=O)CCSc1ccc(OCC2CC2)cc1NC(=O)c1cc(OC[C@H](C)NC(C)=O)no1. The number of rotatable bonds is 19. The maximum atomic E-state index is 13.0. The number of unbranched alkanes of at least 4 members (excludes halogenated alkanes) is 1. The van der Waals surface area contributed by atoms with Crippen molar-refractivity contribution in [3.63, 3.8) is 0 Å². The van der Waals surface area contributed by atoms with Crippen molar-refractivity contribution in [2.75, 3.05) is 30.9 Å². The van der Waals surface area contributed by atoms with Crippen molar-refractivity contribution in [2.45, 2.75) is 83.6 Å². The van der Waals surface area contributed by atoms with Crippen molar-refractivity contribution >= 4 is 35.2 Å². The first-order chi connectivity index (χ1) is 19.8. The number of thioether (sulfide) groups is 1. The van der Waals surface area contributed by atoms with Crippen LogP contribution in [0.4, 0.5) is 5.69 Å². The minimum absolute atomic E-state index is 0.0236. The number of carbonyl (C=O) groups excluding carboxylic acids is 3. The van der Waals surface area contributed by atoms with Gasteiger partial charge in [-0.3, -0.25) is 14.4 Å². The number of ether oxygens (including phenoxy) is 3. The Morgan fingerprint density at radius 3 is 2.66 bits per heavy atom. The molecule has 1 aromatic carbocycles. The molecule has 1 aromatic heterocycles. The van der Waals surface area contributed by atoms with Crippen molar-refractivity contribution in [1.29, 1.82) is 0 Å². The van der Waals surface area contributed by atoms with Crippen molar-refractivity contribution < 1.29 is 33.1 Å². The molecular weight excluding hydrogens is 546 g/mol. The van der Waals surface area contributed by atoms with Gasteiger partial charge in [0.15, 0.2) is 0 Å². The van der Waals surface area contributed by atoms with E-state index in [1.54, 1.807) is 13.0 Å². The van der Waals surface area contributed by atoms with Gasteiger partial charge >= 0.3 is 5.97 Å². The molecule has 2 aromatic rings. The number of carbonyl (C=O) groups is 3. The molecule has 0 bridgehead atoms. The summed E-state index contributed by atoms with van der Waals surface area (Å²) in [4.78, 5) is 37.3. The van der Waals surface area contributed by atoms with Crippen LogP contribution in [0.25, 0.3) is 0 Å². The molecule has 1 fully saturated rings. The number of hydrogen-bond donors (Lipinski definition) is 2. The van der Waals surface area contributed by atoms with Gasteiger partial charge in [-0.2, -0.15) is 0 Å². The van der Waals surface area contributed by atoms with E-state index in [4.69, 9.17) is 18.7 Å². The lowest BCUT2D eigenvalue weighted by molar-refractivity contribution is -0.144. The molecule has 226 valence electrons. The third-order valence-electron chi connectivity index (χ3n) is 6.61. The average Bonchev–Trinajstić information content (AvgIpc) is 3.65. The van der Waals surface area contributed by atoms with Crippen molar-refractivity contribution in [3.8, 4) is 11.6 Å². The molecule has 1 aliphatic rings. The highest BCUT2D eigenvalue weighted by Crippen LogP contribution is 2.34. The molecule has 0 saturated heterocycles. The minimum atomic E-state index is -0.499. The molecule has 1 saturated carbocycles. The van der Waals surface area contributed by atoms with Gasteiger partial charge in [-0.1, -0.05) is 33.1 Å². The maximum Gasteiger partial charge on any atom is 0.306 e. The molecule has 3 rings (SSSR count). The highest BCUT2D eigenvalue weighted by Gasteiger charge is 2.22. The molecular formula is C30H43N3O7S. The predicted octanol–water partition coefficient (Wildman–Crippen LogP) is 5.86. The Labute approximate surface area is 246 Å². The summed E-state index contributed by atoms with van der Waals surface area (Å²) < 4.78 is 22.1. The van der Waals surface area contributed by atoms with E-state index >= 15 is 0 Å². The minimum Gasteiger partial charge on any atom is -0.493 e. The quantitative estimate of drug-likeness (QED) is 0.153. The smallest absolute Gasteiger partial charge is 0.306 e. The van der Waals surface area contributed by atoms with Crippen LogP contribution in [0.15, 0.2) is 33.7 Å². The molecule has 11 heteroatoms. The molecule has 41 heavy (non-hydrogen) atoms. The molecule has 0 aliphatic heterocycles. The Kier molecular flexibility index (Phi) is 13.3. The van der Waals surface area contributed by atoms with E-state index in [-0.39, 0.29) is 42.6 Å². The van der Waals surface area contributed by atoms with Crippen LogP contribution in [0.1, 0.15) is 83.2 Å². The van der Waals surface area contributed by atoms with E-state index in [1.807, 2.05) is 12.1 Å². The number of amides is 2. The van der Waals surface area contributed by atoms with E-state index in [2.05, 4.69) is 29.6 Å². The van der Waals surface area contributed by atoms with Crippen LogP contribution in [-0.4, -0.2) is 54.6 Å². The van der Waals surface area contributed by atoms with Gasteiger partial charge in [-0.25, -0.2) is 0 Å². The fourth-order valence-electron chi connectivity index (χ4n) is 3.96. The second kappa shape index (κ2) is 16.9. The third-order valence-corrected chi connectivity index (χ3v) is 7.69. The van der Waals surface area contributed by atoms with E-state index in [0.29, 0.717) is 42.2 Å². The van der Waals surface area contributed by atoms with E-state index in [1.165, 1.54) is 37.6 Å².